The third-order valence-corrected chi connectivity index (χ3v) is 10.9. The second-order valence-corrected chi connectivity index (χ2v) is 16.1. The highest BCUT2D eigenvalue weighted by atomic mass is 16.5. The second kappa shape index (κ2) is 42.6. The Kier molecular flexibility index (Phi) is 41.7. The molecule has 0 fully saturated rings. The van der Waals surface area contributed by atoms with Gasteiger partial charge in [-0.1, -0.05) is 219 Å². The first-order chi connectivity index (χ1) is 25.5. The molecule has 0 radical (unpaired) electrons. The summed E-state index contributed by atoms with van der Waals surface area (Å²) >= 11 is 0. The standard InChI is InChI=1S/C46H91NO5/c1-3-5-7-9-11-13-19-24-28-32-36-40-46(51)52-41-37-33-29-25-21-18-16-14-15-17-20-23-27-31-35-39-45(50)47-43(42-48)44(49)38-34-30-26-22-12-10-8-6-4-2/h43-44,48-49H,3-42H2,1-2H3,(H,47,50). The van der Waals surface area contributed by atoms with E-state index in [9.17, 15) is 19.8 Å². The van der Waals surface area contributed by atoms with Crippen LogP contribution in [0.25, 0.3) is 0 Å². The van der Waals surface area contributed by atoms with Crippen molar-refractivity contribution in [1.29, 1.82) is 0 Å². The SMILES string of the molecule is CCCCCCCCCCCCCC(=O)OCCCCCCCCCCCCCCCCCC(=O)NC(CO)C(O)CCCCCCCCCCC. The number of carbonyl (C=O) groups is 2. The van der Waals surface area contributed by atoms with Crippen molar-refractivity contribution in [2.24, 2.45) is 0 Å². The van der Waals surface area contributed by atoms with E-state index in [0.29, 0.717) is 25.9 Å². The molecule has 1 amide bonds. The smallest absolute Gasteiger partial charge is 0.305 e. The summed E-state index contributed by atoms with van der Waals surface area (Å²) in [6.07, 6.45) is 44.9. The maximum atomic E-state index is 12.4. The molecule has 2 atom stereocenters. The minimum absolute atomic E-state index is 0.000158. The zero-order valence-electron chi connectivity index (χ0n) is 35.1. The molecule has 0 saturated carbocycles. The Balaban J connectivity index is 3.40. The number of ether oxygens (including phenoxy) is 1. The van der Waals surface area contributed by atoms with Crippen LogP contribution in [-0.4, -0.2) is 47.4 Å². The number of carbonyl (C=O) groups excluding carboxylic acids is 2. The van der Waals surface area contributed by atoms with Gasteiger partial charge in [0.1, 0.15) is 0 Å². The van der Waals surface area contributed by atoms with Crippen molar-refractivity contribution in [2.45, 2.75) is 270 Å². The normalized spacial score (nSPS) is 12.6. The highest BCUT2D eigenvalue weighted by molar-refractivity contribution is 5.76. The highest BCUT2D eigenvalue weighted by Gasteiger charge is 2.20. The van der Waals surface area contributed by atoms with Gasteiger partial charge in [0.2, 0.25) is 5.91 Å². The van der Waals surface area contributed by atoms with Gasteiger partial charge in [-0.3, -0.25) is 9.59 Å². The van der Waals surface area contributed by atoms with Crippen LogP contribution in [0.1, 0.15) is 258 Å². The Labute approximate surface area is 324 Å². The molecule has 0 aliphatic rings. The Bertz CT molecular complexity index is 732. The second-order valence-electron chi connectivity index (χ2n) is 16.1. The minimum atomic E-state index is -0.665. The molecular weight excluding hydrogens is 647 g/mol. The molecule has 0 aliphatic carbocycles. The molecule has 0 spiro atoms. The first kappa shape index (κ1) is 50.9. The average Bonchev–Trinajstić information content (AvgIpc) is 3.14. The van der Waals surface area contributed by atoms with Crippen LogP contribution in [0, 0.1) is 0 Å². The van der Waals surface area contributed by atoms with Crippen molar-refractivity contribution in [2.75, 3.05) is 13.2 Å². The Morgan fingerprint density at radius 3 is 1.17 bits per heavy atom. The molecule has 2 unspecified atom stereocenters. The third kappa shape index (κ3) is 38.6. The van der Waals surface area contributed by atoms with Crippen molar-refractivity contribution in [3.63, 3.8) is 0 Å². The first-order valence-corrected chi connectivity index (χ1v) is 23.3. The lowest BCUT2D eigenvalue weighted by Gasteiger charge is -2.22. The number of esters is 1. The first-order valence-electron chi connectivity index (χ1n) is 23.3. The van der Waals surface area contributed by atoms with Crippen LogP contribution in [-0.2, 0) is 14.3 Å². The molecular formula is C46H91NO5. The maximum absolute atomic E-state index is 12.4. The topological polar surface area (TPSA) is 95.9 Å². The van der Waals surface area contributed by atoms with Crippen LogP contribution < -0.4 is 5.32 Å². The zero-order valence-corrected chi connectivity index (χ0v) is 35.1. The largest absolute Gasteiger partial charge is 0.466 e. The number of hydrogen-bond acceptors (Lipinski definition) is 5. The van der Waals surface area contributed by atoms with Crippen LogP contribution >= 0.6 is 0 Å². The molecule has 0 aromatic rings. The quantitative estimate of drug-likeness (QED) is 0.0428. The highest BCUT2D eigenvalue weighted by Crippen LogP contribution is 2.16. The Morgan fingerprint density at radius 2 is 0.788 bits per heavy atom. The van der Waals surface area contributed by atoms with Crippen LogP contribution in [0.2, 0.25) is 0 Å². The van der Waals surface area contributed by atoms with Gasteiger partial charge in [-0.05, 0) is 25.7 Å². The number of unbranched alkanes of at least 4 members (excludes halogenated alkanes) is 32. The van der Waals surface area contributed by atoms with Gasteiger partial charge in [0.25, 0.3) is 0 Å². The molecule has 0 rings (SSSR count). The molecule has 6 nitrogen and oxygen atoms in total. The Hall–Kier alpha value is -1.14. The molecule has 3 N–H and O–H groups in total. The lowest BCUT2D eigenvalue weighted by atomic mass is 10.0. The van der Waals surface area contributed by atoms with Crippen LogP contribution in [0.15, 0.2) is 0 Å². The molecule has 6 heteroatoms. The van der Waals surface area contributed by atoms with E-state index in [4.69, 9.17) is 4.74 Å². The summed E-state index contributed by atoms with van der Waals surface area (Å²) in [6.45, 7) is 4.91. The van der Waals surface area contributed by atoms with Gasteiger partial charge >= 0.3 is 5.97 Å². The summed E-state index contributed by atoms with van der Waals surface area (Å²) in [5.74, 6) is -0.0453. The minimum Gasteiger partial charge on any atom is -0.466 e. The third-order valence-electron chi connectivity index (χ3n) is 10.9. The van der Waals surface area contributed by atoms with Gasteiger partial charge in [-0.2, -0.15) is 0 Å². The van der Waals surface area contributed by atoms with E-state index in [1.165, 1.54) is 180 Å². The van der Waals surface area contributed by atoms with Gasteiger partial charge in [0.05, 0.1) is 25.4 Å². The van der Waals surface area contributed by atoms with Crippen molar-refractivity contribution in [1.82, 2.24) is 5.32 Å². The summed E-state index contributed by atoms with van der Waals surface area (Å²) in [7, 11) is 0. The number of nitrogens with one attached hydrogen (secondary N) is 1. The molecule has 0 saturated heterocycles. The summed E-state index contributed by atoms with van der Waals surface area (Å²) in [5.41, 5.74) is 0. The van der Waals surface area contributed by atoms with E-state index < -0.39 is 12.1 Å². The van der Waals surface area contributed by atoms with E-state index in [-0.39, 0.29) is 18.5 Å². The summed E-state index contributed by atoms with van der Waals surface area (Å²) in [5, 5.41) is 23.0. The maximum Gasteiger partial charge on any atom is 0.305 e. The van der Waals surface area contributed by atoms with Crippen molar-refractivity contribution < 1.29 is 24.5 Å². The molecule has 0 heterocycles. The van der Waals surface area contributed by atoms with Gasteiger partial charge in [-0.25, -0.2) is 0 Å². The number of rotatable bonds is 43. The lowest BCUT2D eigenvalue weighted by molar-refractivity contribution is -0.143. The monoisotopic (exact) mass is 738 g/mol. The van der Waals surface area contributed by atoms with Crippen LogP contribution in [0.4, 0.5) is 0 Å². The average molecular weight is 738 g/mol. The van der Waals surface area contributed by atoms with Gasteiger partial charge in [0.15, 0.2) is 0 Å². The van der Waals surface area contributed by atoms with Gasteiger partial charge in [0, 0.05) is 12.8 Å². The molecule has 0 aromatic heterocycles. The number of amides is 1. The zero-order chi connectivity index (χ0) is 38.0. The number of hydrogen-bond donors (Lipinski definition) is 3. The van der Waals surface area contributed by atoms with Crippen molar-refractivity contribution >= 4 is 11.9 Å². The fourth-order valence-electron chi connectivity index (χ4n) is 7.29. The van der Waals surface area contributed by atoms with Crippen molar-refractivity contribution in [3.05, 3.63) is 0 Å². The van der Waals surface area contributed by atoms with Crippen molar-refractivity contribution in [3.8, 4) is 0 Å². The molecule has 0 aromatic carbocycles. The van der Waals surface area contributed by atoms with Gasteiger partial charge in [-0.15, -0.1) is 0 Å². The van der Waals surface area contributed by atoms with Crippen LogP contribution in [0.5, 0.6) is 0 Å². The van der Waals surface area contributed by atoms with E-state index in [1.54, 1.807) is 0 Å². The van der Waals surface area contributed by atoms with E-state index in [0.717, 1.165) is 44.9 Å². The summed E-state index contributed by atoms with van der Waals surface area (Å²) in [6, 6.07) is -0.543. The molecule has 0 aliphatic heterocycles. The summed E-state index contributed by atoms with van der Waals surface area (Å²) in [4.78, 5) is 24.3. The van der Waals surface area contributed by atoms with E-state index in [1.807, 2.05) is 0 Å². The lowest BCUT2D eigenvalue weighted by Crippen LogP contribution is -2.45. The van der Waals surface area contributed by atoms with E-state index >= 15 is 0 Å². The predicted molar refractivity (Wildman–Crippen MR) is 223 cm³/mol. The van der Waals surface area contributed by atoms with Crippen LogP contribution in [0.3, 0.4) is 0 Å². The molecule has 52 heavy (non-hydrogen) atoms. The summed E-state index contributed by atoms with van der Waals surface area (Å²) < 4.78 is 5.44. The Morgan fingerprint density at radius 1 is 0.462 bits per heavy atom. The van der Waals surface area contributed by atoms with E-state index in [2.05, 4.69) is 19.2 Å². The van der Waals surface area contributed by atoms with Gasteiger partial charge < -0.3 is 20.3 Å². The molecule has 310 valence electrons. The number of aliphatic hydroxyl groups is 2. The predicted octanol–water partition coefficient (Wildman–Crippen LogP) is 13.2. The fraction of sp³-hybridized carbons (Fsp3) is 0.957. The fourth-order valence-corrected chi connectivity index (χ4v) is 7.29. The number of aliphatic hydroxyl groups excluding tert-OH is 2. The molecule has 0 bridgehead atoms.